The maximum absolute atomic E-state index is 12.6. The average molecular weight is 441 g/mol. The SMILES string of the molecule is C[Si](C)(C)CCOC(=O)N[C@H](Cc1cccc(Cl)c1)C(=O)ON1C(=O)CCC1=O. The molecular formula is C19H25ClN2O6Si. The fraction of sp³-hybridized carbons (Fsp3) is 0.474. The monoisotopic (exact) mass is 440 g/mol. The number of hydrogen-bond acceptors (Lipinski definition) is 6. The molecule has 0 unspecified atom stereocenters. The van der Waals surface area contributed by atoms with Crippen LogP contribution < -0.4 is 5.32 Å². The summed E-state index contributed by atoms with van der Waals surface area (Å²) < 4.78 is 5.18. The van der Waals surface area contributed by atoms with Gasteiger partial charge >= 0.3 is 12.1 Å². The fourth-order valence-electron chi connectivity index (χ4n) is 2.54. The van der Waals surface area contributed by atoms with Gasteiger partial charge in [0.25, 0.3) is 11.8 Å². The summed E-state index contributed by atoms with van der Waals surface area (Å²) in [5.74, 6) is -2.12. The van der Waals surface area contributed by atoms with Gasteiger partial charge in [-0.05, 0) is 23.7 Å². The van der Waals surface area contributed by atoms with E-state index >= 15 is 0 Å². The molecule has 3 amide bonds. The normalized spacial score (nSPS) is 15.2. The van der Waals surface area contributed by atoms with Crippen LogP contribution in [0.2, 0.25) is 30.7 Å². The molecule has 10 heteroatoms. The molecule has 1 N–H and O–H groups in total. The molecule has 0 bridgehead atoms. The summed E-state index contributed by atoms with van der Waals surface area (Å²) in [4.78, 5) is 53.1. The van der Waals surface area contributed by atoms with E-state index in [4.69, 9.17) is 21.2 Å². The van der Waals surface area contributed by atoms with Crippen LogP contribution in [0.1, 0.15) is 18.4 Å². The minimum absolute atomic E-state index is 0.0166. The second kappa shape index (κ2) is 9.88. The van der Waals surface area contributed by atoms with Crippen LogP contribution >= 0.6 is 11.6 Å². The van der Waals surface area contributed by atoms with Crippen LogP contribution in [-0.4, -0.2) is 49.7 Å². The molecule has 0 saturated carbocycles. The van der Waals surface area contributed by atoms with Crippen LogP contribution in [-0.2, 0) is 30.4 Å². The van der Waals surface area contributed by atoms with Gasteiger partial charge in [0, 0.05) is 32.4 Å². The van der Waals surface area contributed by atoms with E-state index in [1.807, 2.05) is 0 Å². The molecule has 29 heavy (non-hydrogen) atoms. The lowest BCUT2D eigenvalue weighted by Crippen LogP contribution is -2.46. The number of hydroxylamine groups is 2. The highest BCUT2D eigenvalue weighted by atomic mass is 35.5. The second-order valence-corrected chi connectivity index (χ2v) is 14.0. The highest BCUT2D eigenvalue weighted by molar-refractivity contribution is 6.76. The first-order valence-electron chi connectivity index (χ1n) is 9.30. The first kappa shape index (κ1) is 22.9. The highest BCUT2D eigenvalue weighted by Gasteiger charge is 2.35. The predicted octanol–water partition coefficient (Wildman–Crippen LogP) is 2.92. The van der Waals surface area contributed by atoms with Crippen molar-refractivity contribution in [3.05, 3.63) is 34.9 Å². The predicted molar refractivity (Wildman–Crippen MR) is 109 cm³/mol. The lowest BCUT2D eigenvalue weighted by molar-refractivity contribution is -0.198. The van der Waals surface area contributed by atoms with Crippen molar-refractivity contribution in [3.63, 3.8) is 0 Å². The Kier molecular flexibility index (Phi) is 7.80. The molecular weight excluding hydrogens is 416 g/mol. The minimum Gasteiger partial charge on any atom is -0.450 e. The number of nitrogens with zero attached hydrogens (tertiary/aromatic N) is 1. The number of carbonyl (C=O) groups is 4. The number of nitrogens with one attached hydrogen (secondary N) is 1. The molecule has 0 spiro atoms. The standard InChI is InChI=1S/C19H25ClN2O6Si/c1-29(2,3)10-9-27-19(26)21-15(12-13-5-4-6-14(20)11-13)18(25)28-22-16(23)7-8-17(22)24/h4-6,11,15H,7-10,12H2,1-3H3,(H,21,26)/t15-/m1/s1. The zero-order chi connectivity index (χ0) is 21.6. The summed E-state index contributed by atoms with van der Waals surface area (Å²) in [6.07, 6.45) is -0.751. The molecule has 0 radical (unpaired) electrons. The van der Waals surface area contributed by atoms with E-state index in [1.54, 1.807) is 24.3 Å². The Morgan fingerprint density at radius 3 is 2.45 bits per heavy atom. The third-order valence-corrected chi connectivity index (χ3v) is 6.12. The molecule has 1 fully saturated rings. The van der Waals surface area contributed by atoms with Gasteiger partial charge in [0.05, 0.1) is 6.61 Å². The minimum atomic E-state index is -1.39. The van der Waals surface area contributed by atoms with Gasteiger partial charge in [0.15, 0.2) is 0 Å². The summed E-state index contributed by atoms with van der Waals surface area (Å²) >= 11 is 5.98. The summed E-state index contributed by atoms with van der Waals surface area (Å²) in [6.45, 7) is 6.69. The maximum atomic E-state index is 12.6. The number of ether oxygens (including phenoxy) is 1. The molecule has 1 heterocycles. The number of rotatable bonds is 8. The van der Waals surface area contributed by atoms with Crippen LogP contribution in [0.3, 0.4) is 0 Å². The average Bonchev–Trinajstić information content (AvgIpc) is 2.92. The Labute approximate surface area is 175 Å². The lowest BCUT2D eigenvalue weighted by Gasteiger charge is -2.21. The fourth-order valence-corrected chi connectivity index (χ4v) is 3.47. The van der Waals surface area contributed by atoms with Crippen molar-refractivity contribution < 1.29 is 28.8 Å². The number of amides is 3. The summed E-state index contributed by atoms with van der Waals surface area (Å²) in [5.41, 5.74) is 0.668. The molecule has 0 aliphatic carbocycles. The molecule has 0 aromatic heterocycles. The van der Waals surface area contributed by atoms with E-state index < -0.39 is 38.0 Å². The molecule has 1 aliphatic heterocycles. The number of benzene rings is 1. The smallest absolute Gasteiger partial charge is 0.407 e. The molecule has 1 atom stereocenters. The van der Waals surface area contributed by atoms with Crippen molar-refractivity contribution in [2.75, 3.05) is 6.61 Å². The first-order valence-corrected chi connectivity index (χ1v) is 13.4. The molecule has 1 saturated heterocycles. The molecule has 1 aliphatic rings. The number of alkyl carbamates (subject to hydrolysis) is 1. The largest absolute Gasteiger partial charge is 0.450 e. The zero-order valence-corrected chi connectivity index (χ0v) is 18.5. The van der Waals surface area contributed by atoms with Gasteiger partial charge in [0.2, 0.25) is 0 Å². The van der Waals surface area contributed by atoms with Gasteiger partial charge in [-0.25, -0.2) is 9.59 Å². The number of hydrogen-bond donors (Lipinski definition) is 1. The highest BCUT2D eigenvalue weighted by Crippen LogP contribution is 2.16. The summed E-state index contributed by atoms with van der Waals surface area (Å²) in [6, 6.07) is 6.38. The second-order valence-electron chi connectivity index (χ2n) is 7.97. The van der Waals surface area contributed by atoms with Crippen LogP contribution in [0, 0.1) is 0 Å². The lowest BCUT2D eigenvalue weighted by atomic mass is 10.1. The summed E-state index contributed by atoms with van der Waals surface area (Å²) in [5, 5.41) is 3.38. The van der Waals surface area contributed by atoms with E-state index in [0.717, 1.165) is 6.04 Å². The van der Waals surface area contributed by atoms with Gasteiger partial charge in [0.1, 0.15) is 6.04 Å². The maximum Gasteiger partial charge on any atom is 0.407 e. The van der Waals surface area contributed by atoms with Crippen molar-refractivity contribution >= 4 is 43.6 Å². The Morgan fingerprint density at radius 1 is 1.21 bits per heavy atom. The zero-order valence-electron chi connectivity index (χ0n) is 16.7. The Balaban J connectivity index is 2.05. The van der Waals surface area contributed by atoms with E-state index in [-0.39, 0.29) is 25.9 Å². The van der Waals surface area contributed by atoms with E-state index in [9.17, 15) is 19.2 Å². The van der Waals surface area contributed by atoms with E-state index in [2.05, 4.69) is 25.0 Å². The van der Waals surface area contributed by atoms with Crippen molar-refractivity contribution in [1.29, 1.82) is 0 Å². The van der Waals surface area contributed by atoms with Crippen LogP contribution in [0.25, 0.3) is 0 Å². The van der Waals surface area contributed by atoms with Gasteiger partial charge in [-0.3, -0.25) is 9.59 Å². The van der Waals surface area contributed by atoms with Gasteiger partial charge in [-0.15, -0.1) is 5.06 Å². The van der Waals surface area contributed by atoms with E-state index in [1.165, 1.54) is 0 Å². The topological polar surface area (TPSA) is 102 Å². The molecule has 1 aromatic rings. The molecule has 8 nitrogen and oxygen atoms in total. The Hall–Kier alpha value is -2.39. The summed E-state index contributed by atoms with van der Waals surface area (Å²) in [7, 11) is -1.39. The van der Waals surface area contributed by atoms with Crippen molar-refractivity contribution in [1.82, 2.24) is 10.4 Å². The van der Waals surface area contributed by atoms with Crippen molar-refractivity contribution in [2.24, 2.45) is 0 Å². The van der Waals surface area contributed by atoms with Crippen LogP contribution in [0.15, 0.2) is 24.3 Å². The van der Waals surface area contributed by atoms with Crippen molar-refractivity contribution in [3.8, 4) is 0 Å². The van der Waals surface area contributed by atoms with Gasteiger partial charge in [-0.1, -0.05) is 43.4 Å². The van der Waals surface area contributed by atoms with Gasteiger partial charge < -0.3 is 14.9 Å². The number of carbonyl (C=O) groups excluding carboxylic acids is 4. The first-order chi connectivity index (χ1) is 13.5. The van der Waals surface area contributed by atoms with E-state index in [0.29, 0.717) is 15.6 Å². The van der Waals surface area contributed by atoms with Gasteiger partial charge in [-0.2, -0.15) is 0 Å². The van der Waals surface area contributed by atoms with Crippen LogP contribution in [0.4, 0.5) is 4.79 Å². The van der Waals surface area contributed by atoms with Crippen LogP contribution in [0.5, 0.6) is 0 Å². The molecule has 1 aromatic carbocycles. The third-order valence-electron chi connectivity index (χ3n) is 4.18. The number of imide groups is 1. The quantitative estimate of drug-likeness (QED) is 0.492. The van der Waals surface area contributed by atoms with Crippen molar-refractivity contribution in [2.45, 2.75) is 51.0 Å². The molecule has 158 valence electrons. The third kappa shape index (κ3) is 7.50. The Bertz CT molecular complexity index is 779. The number of halogens is 1. The Morgan fingerprint density at radius 2 is 1.86 bits per heavy atom. The molecule has 2 rings (SSSR count).